The van der Waals surface area contributed by atoms with Crippen LogP contribution in [0.5, 0.6) is 5.75 Å². The van der Waals surface area contributed by atoms with Gasteiger partial charge in [0.25, 0.3) is 0 Å². The van der Waals surface area contributed by atoms with Crippen LogP contribution in [0.15, 0.2) is 36.4 Å². The van der Waals surface area contributed by atoms with Crippen LogP contribution in [0, 0.1) is 0 Å². The van der Waals surface area contributed by atoms with E-state index in [9.17, 15) is 5.11 Å². The molecule has 0 fully saturated rings. The summed E-state index contributed by atoms with van der Waals surface area (Å²) in [6.45, 7) is 18.1. The SMILES string of the molecule is CC(C)c1ccc(NCc2cc(C(C)(C)C)c(O)c(C(C)(C)C)c2)cc1. The van der Waals surface area contributed by atoms with E-state index in [1.165, 1.54) is 11.1 Å². The Morgan fingerprint density at radius 3 is 1.69 bits per heavy atom. The molecule has 0 saturated carbocycles. The Hall–Kier alpha value is -1.96. The quantitative estimate of drug-likeness (QED) is 0.639. The molecule has 142 valence electrons. The van der Waals surface area contributed by atoms with Crippen molar-refractivity contribution in [3.8, 4) is 5.75 Å². The van der Waals surface area contributed by atoms with Crippen molar-refractivity contribution in [2.75, 3.05) is 5.32 Å². The molecule has 0 bridgehead atoms. The van der Waals surface area contributed by atoms with Gasteiger partial charge in [-0.1, -0.05) is 67.5 Å². The van der Waals surface area contributed by atoms with Gasteiger partial charge in [-0.2, -0.15) is 0 Å². The van der Waals surface area contributed by atoms with Crippen LogP contribution >= 0.6 is 0 Å². The van der Waals surface area contributed by atoms with Crippen LogP contribution in [0.4, 0.5) is 5.69 Å². The number of nitrogens with one attached hydrogen (secondary N) is 1. The Kier molecular flexibility index (Phi) is 5.75. The molecular weight excluding hydrogens is 318 g/mol. The summed E-state index contributed by atoms with van der Waals surface area (Å²) in [6, 6.07) is 12.9. The topological polar surface area (TPSA) is 32.3 Å². The number of phenolic OH excluding ortho intramolecular Hbond substituents is 1. The van der Waals surface area contributed by atoms with E-state index < -0.39 is 0 Å². The van der Waals surface area contributed by atoms with Crippen molar-refractivity contribution >= 4 is 5.69 Å². The molecule has 0 saturated heterocycles. The number of phenols is 1. The molecule has 0 aromatic heterocycles. The fraction of sp³-hybridized carbons (Fsp3) is 0.500. The van der Waals surface area contributed by atoms with Crippen molar-refractivity contribution < 1.29 is 5.11 Å². The summed E-state index contributed by atoms with van der Waals surface area (Å²) in [5, 5.41) is 14.4. The minimum atomic E-state index is -0.0982. The van der Waals surface area contributed by atoms with Gasteiger partial charge in [-0.15, -0.1) is 0 Å². The molecular formula is C24H35NO. The molecule has 0 aliphatic heterocycles. The summed E-state index contributed by atoms with van der Waals surface area (Å²) >= 11 is 0. The first kappa shape index (κ1) is 20.4. The highest BCUT2D eigenvalue weighted by molar-refractivity contribution is 5.51. The van der Waals surface area contributed by atoms with Crippen LogP contribution in [0.2, 0.25) is 0 Å². The van der Waals surface area contributed by atoms with E-state index in [-0.39, 0.29) is 10.8 Å². The molecule has 0 radical (unpaired) electrons. The van der Waals surface area contributed by atoms with Gasteiger partial charge >= 0.3 is 0 Å². The van der Waals surface area contributed by atoms with Gasteiger partial charge in [0, 0.05) is 12.2 Å². The third-order valence-corrected chi connectivity index (χ3v) is 4.86. The summed E-state index contributed by atoms with van der Waals surface area (Å²) in [6.07, 6.45) is 0. The molecule has 2 heteroatoms. The molecule has 2 N–H and O–H groups in total. The summed E-state index contributed by atoms with van der Waals surface area (Å²) in [5.74, 6) is 0.986. The van der Waals surface area contributed by atoms with Gasteiger partial charge < -0.3 is 10.4 Å². The van der Waals surface area contributed by atoms with Gasteiger partial charge in [-0.3, -0.25) is 0 Å². The second-order valence-electron chi connectivity index (χ2n) is 9.67. The zero-order valence-electron chi connectivity index (χ0n) is 17.7. The number of anilines is 1. The Balaban J connectivity index is 2.31. The molecule has 0 spiro atoms. The molecule has 2 rings (SSSR count). The van der Waals surface area contributed by atoms with E-state index in [4.69, 9.17) is 0 Å². The number of hydrogen-bond donors (Lipinski definition) is 2. The van der Waals surface area contributed by atoms with Crippen molar-refractivity contribution in [1.29, 1.82) is 0 Å². The summed E-state index contributed by atoms with van der Waals surface area (Å²) < 4.78 is 0. The maximum absolute atomic E-state index is 10.8. The molecule has 0 amide bonds. The lowest BCUT2D eigenvalue weighted by Gasteiger charge is -2.28. The van der Waals surface area contributed by atoms with Crippen LogP contribution in [0.3, 0.4) is 0 Å². The average molecular weight is 354 g/mol. The van der Waals surface area contributed by atoms with Crippen molar-refractivity contribution in [1.82, 2.24) is 0 Å². The lowest BCUT2D eigenvalue weighted by molar-refractivity contribution is 0.423. The highest BCUT2D eigenvalue weighted by atomic mass is 16.3. The van der Waals surface area contributed by atoms with Crippen molar-refractivity contribution in [3.63, 3.8) is 0 Å². The maximum atomic E-state index is 10.8. The minimum absolute atomic E-state index is 0.0982. The standard InChI is InChI=1S/C24H35NO/c1-16(2)18-9-11-19(12-10-18)25-15-17-13-20(23(3,4)5)22(26)21(14-17)24(6,7)8/h9-14,16,25-26H,15H2,1-8H3. The highest BCUT2D eigenvalue weighted by Crippen LogP contribution is 2.39. The molecule has 2 nitrogen and oxygen atoms in total. The third-order valence-electron chi connectivity index (χ3n) is 4.86. The third kappa shape index (κ3) is 4.81. The van der Waals surface area contributed by atoms with E-state index in [1.54, 1.807) is 0 Å². The molecule has 0 aliphatic rings. The monoisotopic (exact) mass is 353 g/mol. The Labute approximate surface area is 159 Å². The van der Waals surface area contributed by atoms with Gasteiger partial charge in [-0.25, -0.2) is 0 Å². The van der Waals surface area contributed by atoms with Crippen LogP contribution in [0.25, 0.3) is 0 Å². The van der Waals surface area contributed by atoms with Crippen molar-refractivity contribution in [2.45, 2.75) is 78.7 Å². The predicted octanol–water partition coefficient (Wildman–Crippen LogP) is 6.72. The van der Waals surface area contributed by atoms with Crippen LogP contribution in [-0.2, 0) is 17.4 Å². The van der Waals surface area contributed by atoms with Crippen molar-refractivity contribution in [3.05, 3.63) is 58.7 Å². The molecule has 0 unspecified atom stereocenters. The fourth-order valence-electron chi connectivity index (χ4n) is 3.13. The first-order valence-electron chi connectivity index (χ1n) is 9.60. The Morgan fingerprint density at radius 2 is 1.31 bits per heavy atom. The number of rotatable bonds is 4. The molecule has 0 atom stereocenters. The van der Waals surface area contributed by atoms with Gasteiger partial charge in [-0.05, 0) is 63.3 Å². The lowest BCUT2D eigenvalue weighted by atomic mass is 9.78. The minimum Gasteiger partial charge on any atom is -0.507 e. The zero-order valence-corrected chi connectivity index (χ0v) is 17.7. The summed E-state index contributed by atoms with van der Waals surface area (Å²) in [4.78, 5) is 0. The molecule has 0 heterocycles. The van der Waals surface area contributed by atoms with Crippen LogP contribution in [0.1, 0.15) is 83.6 Å². The second kappa shape index (κ2) is 7.34. The number of hydrogen-bond acceptors (Lipinski definition) is 2. The van der Waals surface area contributed by atoms with E-state index in [1.807, 2.05) is 0 Å². The molecule has 2 aromatic rings. The maximum Gasteiger partial charge on any atom is 0.123 e. The van der Waals surface area contributed by atoms with E-state index in [0.29, 0.717) is 11.7 Å². The van der Waals surface area contributed by atoms with E-state index in [2.05, 4.69) is 97.1 Å². The van der Waals surface area contributed by atoms with Crippen LogP contribution < -0.4 is 5.32 Å². The first-order chi connectivity index (χ1) is 11.9. The van der Waals surface area contributed by atoms with Gasteiger partial charge in [0.15, 0.2) is 0 Å². The normalized spacial score (nSPS) is 12.5. The highest BCUT2D eigenvalue weighted by Gasteiger charge is 2.26. The Morgan fingerprint density at radius 1 is 0.846 bits per heavy atom. The molecule has 0 aliphatic carbocycles. The Bertz CT molecular complexity index is 708. The summed E-state index contributed by atoms with van der Waals surface area (Å²) in [7, 11) is 0. The smallest absolute Gasteiger partial charge is 0.123 e. The lowest BCUT2D eigenvalue weighted by Crippen LogP contribution is -2.18. The second-order valence-corrected chi connectivity index (χ2v) is 9.67. The fourth-order valence-corrected chi connectivity index (χ4v) is 3.13. The molecule has 26 heavy (non-hydrogen) atoms. The average Bonchev–Trinajstić information content (AvgIpc) is 2.52. The van der Waals surface area contributed by atoms with Gasteiger partial charge in [0.1, 0.15) is 5.75 Å². The van der Waals surface area contributed by atoms with Crippen LogP contribution in [-0.4, -0.2) is 5.11 Å². The van der Waals surface area contributed by atoms with E-state index in [0.717, 1.165) is 23.4 Å². The predicted molar refractivity (Wildman–Crippen MR) is 113 cm³/mol. The number of aromatic hydroxyl groups is 1. The van der Waals surface area contributed by atoms with E-state index >= 15 is 0 Å². The van der Waals surface area contributed by atoms with Gasteiger partial charge in [0.05, 0.1) is 0 Å². The zero-order chi connectivity index (χ0) is 19.7. The summed E-state index contributed by atoms with van der Waals surface area (Å²) in [5.41, 5.74) is 5.50. The number of benzene rings is 2. The van der Waals surface area contributed by atoms with Crippen molar-refractivity contribution in [2.24, 2.45) is 0 Å². The first-order valence-corrected chi connectivity index (χ1v) is 9.60. The largest absolute Gasteiger partial charge is 0.507 e. The van der Waals surface area contributed by atoms with Gasteiger partial charge in [0.2, 0.25) is 0 Å². The molecule has 2 aromatic carbocycles.